The minimum atomic E-state index is 0.223. The van der Waals surface area contributed by atoms with Crippen molar-refractivity contribution < 1.29 is 0 Å². The molecule has 1 aliphatic carbocycles. The van der Waals surface area contributed by atoms with Gasteiger partial charge in [0.1, 0.15) is 0 Å². The summed E-state index contributed by atoms with van der Waals surface area (Å²) in [6, 6.07) is 15.7. The van der Waals surface area contributed by atoms with Crippen LogP contribution in [0.4, 0.5) is 0 Å². The Morgan fingerprint density at radius 2 is 1.90 bits per heavy atom. The fraction of sp³-hybridized carbons (Fsp3) is 0.368. The van der Waals surface area contributed by atoms with Gasteiger partial charge in [-0.25, -0.2) is 0 Å². The first-order chi connectivity index (χ1) is 9.65. The van der Waals surface area contributed by atoms with Gasteiger partial charge in [-0.05, 0) is 66.8 Å². The highest BCUT2D eigenvalue weighted by Gasteiger charge is 2.27. The van der Waals surface area contributed by atoms with Crippen LogP contribution in [0.15, 0.2) is 42.5 Å². The van der Waals surface area contributed by atoms with Gasteiger partial charge in [-0.2, -0.15) is 0 Å². The minimum absolute atomic E-state index is 0.223. The largest absolute Gasteiger partial charge is 0.327 e. The molecule has 3 rings (SSSR count). The summed E-state index contributed by atoms with van der Waals surface area (Å²) in [6.07, 6.45) is 3.35. The number of hydrogen-bond donors (Lipinski definition) is 1. The van der Waals surface area contributed by atoms with E-state index in [4.69, 9.17) is 5.73 Å². The number of aryl methyl sites for hydroxylation is 3. The molecule has 1 aliphatic rings. The van der Waals surface area contributed by atoms with Crippen LogP contribution in [-0.4, -0.2) is 6.04 Å². The molecule has 0 saturated heterocycles. The summed E-state index contributed by atoms with van der Waals surface area (Å²) >= 11 is 0. The van der Waals surface area contributed by atoms with E-state index >= 15 is 0 Å². The highest BCUT2D eigenvalue weighted by atomic mass is 14.7. The Hall–Kier alpha value is -1.60. The molecule has 0 fully saturated rings. The van der Waals surface area contributed by atoms with Gasteiger partial charge >= 0.3 is 0 Å². The molecule has 0 heterocycles. The van der Waals surface area contributed by atoms with Gasteiger partial charge in [0.15, 0.2) is 0 Å². The molecular weight excluding hydrogens is 242 g/mol. The smallest absolute Gasteiger partial charge is 0.0149 e. The average Bonchev–Trinajstić information content (AvgIpc) is 2.87. The SMILES string of the molecule is Cc1ccc(CC(N)C2CCc3ccccc32)cc1C. The summed E-state index contributed by atoms with van der Waals surface area (Å²) in [5, 5.41) is 0. The van der Waals surface area contributed by atoms with E-state index < -0.39 is 0 Å². The number of nitrogens with two attached hydrogens (primary N) is 1. The fourth-order valence-electron chi connectivity index (χ4n) is 3.38. The van der Waals surface area contributed by atoms with Crippen LogP contribution in [0.5, 0.6) is 0 Å². The summed E-state index contributed by atoms with van der Waals surface area (Å²) in [7, 11) is 0. The molecule has 1 nitrogen and oxygen atoms in total. The van der Waals surface area contributed by atoms with E-state index in [0.717, 1.165) is 6.42 Å². The van der Waals surface area contributed by atoms with Gasteiger partial charge in [-0.1, -0.05) is 42.5 Å². The minimum Gasteiger partial charge on any atom is -0.327 e. The molecule has 0 bridgehead atoms. The van der Waals surface area contributed by atoms with E-state index in [1.54, 1.807) is 0 Å². The van der Waals surface area contributed by atoms with Crippen LogP contribution in [0.3, 0.4) is 0 Å². The molecule has 2 aromatic carbocycles. The van der Waals surface area contributed by atoms with Crippen molar-refractivity contribution in [3.8, 4) is 0 Å². The lowest BCUT2D eigenvalue weighted by atomic mass is 9.89. The first-order valence-corrected chi connectivity index (χ1v) is 7.54. The van der Waals surface area contributed by atoms with Crippen molar-refractivity contribution in [3.63, 3.8) is 0 Å². The third-order valence-corrected chi connectivity index (χ3v) is 4.74. The molecular formula is C19H23N. The molecule has 0 radical (unpaired) electrons. The normalized spacial score (nSPS) is 18.9. The van der Waals surface area contributed by atoms with Crippen molar-refractivity contribution in [1.29, 1.82) is 0 Å². The van der Waals surface area contributed by atoms with E-state index in [9.17, 15) is 0 Å². The standard InChI is InChI=1S/C19H23N/c1-13-7-8-15(11-14(13)2)12-19(20)18-10-9-16-5-3-4-6-17(16)18/h3-8,11,18-19H,9-10,12,20H2,1-2H3. The first-order valence-electron chi connectivity index (χ1n) is 7.54. The third kappa shape index (κ3) is 2.51. The first kappa shape index (κ1) is 13.4. The fourth-order valence-corrected chi connectivity index (χ4v) is 3.38. The van der Waals surface area contributed by atoms with Gasteiger partial charge in [0.25, 0.3) is 0 Å². The van der Waals surface area contributed by atoms with Gasteiger partial charge in [0, 0.05) is 6.04 Å². The maximum absolute atomic E-state index is 6.51. The Balaban J connectivity index is 1.77. The lowest BCUT2D eigenvalue weighted by molar-refractivity contribution is 0.525. The van der Waals surface area contributed by atoms with Gasteiger partial charge < -0.3 is 5.73 Å². The second-order valence-corrected chi connectivity index (χ2v) is 6.13. The van der Waals surface area contributed by atoms with Crippen LogP contribution in [0.2, 0.25) is 0 Å². The molecule has 0 aliphatic heterocycles. The van der Waals surface area contributed by atoms with Crippen LogP contribution in [0, 0.1) is 13.8 Å². The van der Waals surface area contributed by atoms with Crippen LogP contribution in [-0.2, 0) is 12.8 Å². The summed E-state index contributed by atoms with van der Waals surface area (Å²) in [4.78, 5) is 0. The van der Waals surface area contributed by atoms with Crippen LogP contribution >= 0.6 is 0 Å². The lowest BCUT2D eigenvalue weighted by Gasteiger charge is -2.21. The molecule has 0 aromatic heterocycles. The van der Waals surface area contributed by atoms with E-state index in [1.807, 2.05) is 0 Å². The molecule has 20 heavy (non-hydrogen) atoms. The van der Waals surface area contributed by atoms with Crippen LogP contribution < -0.4 is 5.73 Å². The summed E-state index contributed by atoms with van der Waals surface area (Å²) in [5.41, 5.74) is 13.6. The second-order valence-electron chi connectivity index (χ2n) is 6.13. The lowest BCUT2D eigenvalue weighted by Crippen LogP contribution is -2.29. The Labute approximate surface area is 121 Å². The van der Waals surface area contributed by atoms with Crippen molar-refractivity contribution in [3.05, 3.63) is 70.3 Å². The molecule has 2 unspecified atom stereocenters. The predicted octanol–water partition coefficient (Wildman–Crippen LogP) is 3.90. The average molecular weight is 265 g/mol. The van der Waals surface area contributed by atoms with Gasteiger partial charge in [0.2, 0.25) is 0 Å². The number of rotatable bonds is 3. The van der Waals surface area contributed by atoms with Crippen LogP contribution in [0.1, 0.15) is 40.2 Å². The van der Waals surface area contributed by atoms with Crippen LogP contribution in [0.25, 0.3) is 0 Å². The Morgan fingerprint density at radius 3 is 2.70 bits per heavy atom. The monoisotopic (exact) mass is 265 g/mol. The molecule has 0 saturated carbocycles. The van der Waals surface area contributed by atoms with E-state index in [2.05, 4.69) is 56.3 Å². The number of hydrogen-bond acceptors (Lipinski definition) is 1. The van der Waals surface area contributed by atoms with Crippen molar-refractivity contribution >= 4 is 0 Å². The molecule has 2 aromatic rings. The second kappa shape index (κ2) is 5.41. The number of benzene rings is 2. The van der Waals surface area contributed by atoms with Gasteiger partial charge in [0.05, 0.1) is 0 Å². The maximum Gasteiger partial charge on any atom is 0.0149 e. The maximum atomic E-state index is 6.51. The van der Waals surface area contributed by atoms with Crippen molar-refractivity contribution in [1.82, 2.24) is 0 Å². The molecule has 0 spiro atoms. The molecule has 1 heteroatoms. The van der Waals surface area contributed by atoms with Gasteiger partial charge in [-0.3, -0.25) is 0 Å². The molecule has 104 valence electrons. The zero-order valence-electron chi connectivity index (χ0n) is 12.4. The van der Waals surface area contributed by atoms with Crippen molar-refractivity contribution in [2.45, 2.75) is 45.1 Å². The highest BCUT2D eigenvalue weighted by Crippen LogP contribution is 2.35. The summed E-state index contributed by atoms with van der Waals surface area (Å²) in [6.45, 7) is 4.33. The Bertz CT molecular complexity index is 615. The Kier molecular flexibility index (Phi) is 3.62. The van der Waals surface area contributed by atoms with E-state index in [-0.39, 0.29) is 6.04 Å². The highest BCUT2D eigenvalue weighted by molar-refractivity contribution is 5.37. The zero-order valence-corrected chi connectivity index (χ0v) is 12.4. The van der Waals surface area contributed by atoms with E-state index in [1.165, 1.54) is 40.7 Å². The number of fused-ring (bicyclic) bond motifs is 1. The van der Waals surface area contributed by atoms with Crippen molar-refractivity contribution in [2.24, 2.45) is 5.73 Å². The predicted molar refractivity (Wildman–Crippen MR) is 85.1 cm³/mol. The quantitative estimate of drug-likeness (QED) is 0.895. The molecule has 0 amide bonds. The van der Waals surface area contributed by atoms with Gasteiger partial charge in [-0.15, -0.1) is 0 Å². The van der Waals surface area contributed by atoms with Crippen molar-refractivity contribution in [2.75, 3.05) is 0 Å². The third-order valence-electron chi connectivity index (χ3n) is 4.74. The summed E-state index contributed by atoms with van der Waals surface area (Å²) in [5.74, 6) is 0.521. The zero-order chi connectivity index (χ0) is 14.1. The summed E-state index contributed by atoms with van der Waals surface area (Å²) < 4.78 is 0. The van der Waals surface area contributed by atoms with E-state index in [0.29, 0.717) is 5.92 Å². The molecule has 2 atom stereocenters. The molecule has 2 N–H and O–H groups in total. The topological polar surface area (TPSA) is 26.0 Å². The Morgan fingerprint density at radius 1 is 1.10 bits per heavy atom.